The minimum atomic E-state index is -0.144. The lowest BCUT2D eigenvalue weighted by Crippen LogP contribution is -2.27. The summed E-state index contributed by atoms with van der Waals surface area (Å²) in [5, 5.41) is 0.505. The first-order valence-electron chi connectivity index (χ1n) is 7.27. The van der Waals surface area contributed by atoms with E-state index in [1.54, 1.807) is 12.1 Å². The van der Waals surface area contributed by atoms with E-state index in [1.165, 1.54) is 16.7 Å². The van der Waals surface area contributed by atoms with Gasteiger partial charge in [-0.1, -0.05) is 59.8 Å². The van der Waals surface area contributed by atoms with Crippen molar-refractivity contribution in [1.82, 2.24) is 0 Å². The van der Waals surface area contributed by atoms with E-state index in [0.29, 0.717) is 19.9 Å². The third-order valence-corrected chi connectivity index (χ3v) is 5.22. The molecule has 1 aliphatic heterocycles. The number of hydrogen-bond acceptors (Lipinski definition) is 4. The number of thioether (sulfide) groups is 1. The fourth-order valence-corrected chi connectivity index (χ4v) is 3.83. The Hall–Kier alpha value is -1.82. The van der Waals surface area contributed by atoms with E-state index >= 15 is 0 Å². The van der Waals surface area contributed by atoms with Crippen molar-refractivity contribution in [3.8, 4) is 0 Å². The van der Waals surface area contributed by atoms with Crippen LogP contribution in [0, 0.1) is 0 Å². The largest absolute Gasteiger partial charge is 0.378 e. The zero-order chi connectivity index (χ0) is 17.3. The number of anilines is 2. The number of carbonyl (C=O) groups is 1. The van der Waals surface area contributed by atoms with E-state index in [4.69, 9.17) is 23.8 Å². The van der Waals surface area contributed by atoms with Gasteiger partial charge in [0.2, 0.25) is 0 Å². The van der Waals surface area contributed by atoms with Crippen molar-refractivity contribution in [2.75, 3.05) is 23.9 Å². The summed E-state index contributed by atoms with van der Waals surface area (Å²) in [6, 6.07) is 15.2. The lowest BCUT2D eigenvalue weighted by atomic mass is 10.2. The Kier molecular flexibility index (Phi) is 4.94. The van der Waals surface area contributed by atoms with Crippen LogP contribution in [0.5, 0.6) is 0 Å². The predicted molar refractivity (Wildman–Crippen MR) is 108 cm³/mol. The van der Waals surface area contributed by atoms with Crippen molar-refractivity contribution < 1.29 is 4.79 Å². The monoisotopic (exact) mass is 374 g/mol. The first-order chi connectivity index (χ1) is 11.5. The van der Waals surface area contributed by atoms with E-state index in [1.807, 2.05) is 61.5 Å². The second-order valence-corrected chi connectivity index (χ2v) is 7.54. The molecular formula is C18H15ClN2OS2. The number of hydrogen-bond donors (Lipinski definition) is 0. The summed E-state index contributed by atoms with van der Waals surface area (Å²) >= 11 is 12.9. The van der Waals surface area contributed by atoms with Crippen LogP contribution in [0.3, 0.4) is 0 Å². The maximum absolute atomic E-state index is 12.7. The van der Waals surface area contributed by atoms with Crippen molar-refractivity contribution in [2.45, 2.75) is 0 Å². The average molecular weight is 375 g/mol. The Morgan fingerprint density at radius 2 is 1.79 bits per heavy atom. The van der Waals surface area contributed by atoms with Gasteiger partial charge in [-0.2, -0.15) is 0 Å². The Morgan fingerprint density at radius 3 is 2.42 bits per heavy atom. The van der Waals surface area contributed by atoms with Crippen LogP contribution in [-0.2, 0) is 4.79 Å². The van der Waals surface area contributed by atoms with Crippen LogP contribution in [0.1, 0.15) is 5.56 Å². The van der Waals surface area contributed by atoms with Gasteiger partial charge in [-0.25, -0.2) is 0 Å². The summed E-state index contributed by atoms with van der Waals surface area (Å²) in [5.74, 6) is -0.144. The number of amides is 1. The van der Waals surface area contributed by atoms with Gasteiger partial charge in [0.25, 0.3) is 5.91 Å². The van der Waals surface area contributed by atoms with Gasteiger partial charge in [-0.3, -0.25) is 9.69 Å². The van der Waals surface area contributed by atoms with E-state index in [2.05, 4.69) is 0 Å². The minimum absolute atomic E-state index is 0.144. The van der Waals surface area contributed by atoms with Crippen LogP contribution in [0.4, 0.5) is 11.4 Å². The first-order valence-corrected chi connectivity index (χ1v) is 8.87. The Balaban J connectivity index is 1.90. The SMILES string of the molecule is CN(C)c1ccc(C=C2SC(=S)N(c3ccccc3Cl)C2=O)cc1. The van der Waals surface area contributed by atoms with Crippen molar-refractivity contribution in [3.05, 3.63) is 64.0 Å². The molecule has 122 valence electrons. The van der Waals surface area contributed by atoms with Crippen LogP contribution < -0.4 is 9.80 Å². The molecule has 3 rings (SSSR count). The van der Waals surface area contributed by atoms with Gasteiger partial charge in [0.15, 0.2) is 4.32 Å². The van der Waals surface area contributed by atoms with E-state index in [9.17, 15) is 4.79 Å². The number of halogens is 1. The lowest BCUT2D eigenvalue weighted by Gasteiger charge is -2.15. The second-order valence-electron chi connectivity index (χ2n) is 5.45. The Bertz CT molecular complexity index is 831. The third-order valence-electron chi connectivity index (χ3n) is 3.59. The van der Waals surface area contributed by atoms with Gasteiger partial charge < -0.3 is 4.90 Å². The molecule has 24 heavy (non-hydrogen) atoms. The average Bonchev–Trinajstić information content (AvgIpc) is 2.83. The zero-order valence-electron chi connectivity index (χ0n) is 13.2. The van der Waals surface area contributed by atoms with E-state index in [0.717, 1.165) is 11.3 Å². The van der Waals surface area contributed by atoms with E-state index in [-0.39, 0.29) is 5.91 Å². The van der Waals surface area contributed by atoms with Gasteiger partial charge in [-0.15, -0.1) is 0 Å². The highest BCUT2D eigenvalue weighted by atomic mass is 35.5. The molecule has 6 heteroatoms. The molecular weight excluding hydrogens is 360 g/mol. The van der Waals surface area contributed by atoms with Crippen LogP contribution >= 0.6 is 35.6 Å². The molecule has 0 aliphatic carbocycles. The highest BCUT2D eigenvalue weighted by molar-refractivity contribution is 8.27. The van der Waals surface area contributed by atoms with Gasteiger partial charge in [-0.05, 0) is 35.9 Å². The zero-order valence-corrected chi connectivity index (χ0v) is 15.6. The minimum Gasteiger partial charge on any atom is -0.378 e. The molecule has 0 bridgehead atoms. The second kappa shape index (κ2) is 6.97. The number of nitrogens with zero attached hydrogens (tertiary/aromatic N) is 2. The maximum atomic E-state index is 12.7. The van der Waals surface area contributed by atoms with Crippen molar-refractivity contribution in [2.24, 2.45) is 0 Å². The maximum Gasteiger partial charge on any atom is 0.270 e. The summed E-state index contributed by atoms with van der Waals surface area (Å²) in [6.07, 6.45) is 1.86. The highest BCUT2D eigenvalue weighted by Crippen LogP contribution is 2.38. The van der Waals surface area contributed by atoms with Crippen molar-refractivity contribution in [1.29, 1.82) is 0 Å². The van der Waals surface area contributed by atoms with Crippen molar-refractivity contribution in [3.63, 3.8) is 0 Å². The summed E-state index contributed by atoms with van der Waals surface area (Å²) in [4.78, 5) is 16.8. The number of benzene rings is 2. The summed E-state index contributed by atoms with van der Waals surface area (Å²) in [6.45, 7) is 0. The standard InChI is InChI=1S/C18H15ClN2OS2/c1-20(2)13-9-7-12(8-10-13)11-16-17(22)21(18(23)24-16)15-6-4-3-5-14(15)19/h3-11H,1-2H3. The van der Waals surface area contributed by atoms with Gasteiger partial charge in [0.05, 0.1) is 15.6 Å². The topological polar surface area (TPSA) is 23.6 Å². The molecule has 0 N–H and O–H groups in total. The summed E-state index contributed by atoms with van der Waals surface area (Å²) in [5.41, 5.74) is 2.68. The first kappa shape index (κ1) is 17.0. The van der Waals surface area contributed by atoms with Gasteiger partial charge >= 0.3 is 0 Å². The Labute approximate surface area is 155 Å². The molecule has 2 aromatic carbocycles. The molecule has 0 aromatic heterocycles. The molecule has 0 spiro atoms. The van der Waals surface area contributed by atoms with Crippen LogP contribution in [0.25, 0.3) is 6.08 Å². The molecule has 1 amide bonds. The molecule has 0 radical (unpaired) electrons. The number of para-hydroxylation sites is 1. The smallest absolute Gasteiger partial charge is 0.270 e. The third kappa shape index (κ3) is 3.34. The van der Waals surface area contributed by atoms with Crippen LogP contribution in [0.15, 0.2) is 53.4 Å². The molecule has 1 heterocycles. The fourth-order valence-electron chi connectivity index (χ4n) is 2.33. The van der Waals surface area contributed by atoms with E-state index < -0.39 is 0 Å². The number of thiocarbonyl (C=S) groups is 1. The molecule has 1 saturated heterocycles. The highest BCUT2D eigenvalue weighted by Gasteiger charge is 2.34. The molecule has 1 fully saturated rings. The van der Waals surface area contributed by atoms with Crippen LogP contribution in [-0.4, -0.2) is 24.3 Å². The quantitative estimate of drug-likeness (QED) is 0.568. The molecule has 2 aromatic rings. The number of carbonyl (C=O) groups excluding carboxylic acids is 1. The van der Waals surface area contributed by atoms with Gasteiger partial charge in [0, 0.05) is 19.8 Å². The predicted octanol–water partition coefficient (Wildman–Crippen LogP) is 4.81. The summed E-state index contributed by atoms with van der Waals surface area (Å²) in [7, 11) is 3.98. The molecule has 0 saturated carbocycles. The normalized spacial score (nSPS) is 16.1. The lowest BCUT2D eigenvalue weighted by molar-refractivity contribution is -0.113. The fraction of sp³-hybridized carbons (Fsp3) is 0.111. The molecule has 1 aliphatic rings. The molecule has 3 nitrogen and oxygen atoms in total. The summed E-state index contributed by atoms with van der Waals surface area (Å²) < 4.78 is 0.490. The Morgan fingerprint density at radius 1 is 1.12 bits per heavy atom. The molecule has 0 unspecified atom stereocenters. The van der Waals surface area contributed by atoms with Gasteiger partial charge in [0.1, 0.15) is 0 Å². The van der Waals surface area contributed by atoms with Crippen molar-refractivity contribution >= 4 is 63.3 Å². The van der Waals surface area contributed by atoms with Crippen LogP contribution in [0.2, 0.25) is 5.02 Å². The number of rotatable bonds is 3. The molecule has 0 atom stereocenters.